The molecule has 0 atom stereocenters. The molecule has 6 heteroatoms. The number of hydrogen-bond acceptors (Lipinski definition) is 5. The number of hydrogen-bond donors (Lipinski definition) is 1. The lowest BCUT2D eigenvalue weighted by Gasteiger charge is -2.37. The molecule has 0 unspecified atom stereocenters. The van der Waals surface area contributed by atoms with Crippen LogP contribution in [0, 0.1) is 0 Å². The average molecular weight is 294 g/mol. The number of methoxy groups -OCH3 is 1. The fraction of sp³-hybridized carbons (Fsp3) is 0.429. The van der Waals surface area contributed by atoms with Gasteiger partial charge in [0.05, 0.1) is 6.54 Å². The Morgan fingerprint density at radius 1 is 1.45 bits per heavy atom. The molecular formula is C14H16ClN3O2. The van der Waals surface area contributed by atoms with Gasteiger partial charge in [-0.2, -0.15) is 4.98 Å². The van der Waals surface area contributed by atoms with Crippen LogP contribution in [0.15, 0.2) is 28.8 Å². The maximum atomic E-state index is 5.93. The number of benzene rings is 1. The van der Waals surface area contributed by atoms with Crippen molar-refractivity contribution in [1.29, 1.82) is 0 Å². The lowest BCUT2D eigenvalue weighted by molar-refractivity contribution is -0.0858. The highest BCUT2D eigenvalue weighted by atomic mass is 35.5. The average Bonchev–Trinajstić information content (AvgIpc) is 2.85. The third-order valence-electron chi connectivity index (χ3n) is 3.70. The Kier molecular flexibility index (Phi) is 3.63. The van der Waals surface area contributed by atoms with Gasteiger partial charge >= 0.3 is 0 Å². The van der Waals surface area contributed by atoms with Crippen LogP contribution in [-0.4, -0.2) is 17.3 Å². The normalized spacial score (nSPS) is 16.7. The van der Waals surface area contributed by atoms with Crippen molar-refractivity contribution in [1.82, 2.24) is 10.1 Å². The molecule has 1 aromatic heterocycles. The maximum absolute atomic E-state index is 5.93. The van der Waals surface area contributed by atoms with Gasteiger partial charge in [-0.15, -0.1) is 0 Å². The molecule has 0 amide bonds. The summed E-state index contributed by atoms with van der Waals surface area (Å²) in [6, 6.07) is 7.50. The zero-order valence-corrected chi connectivity index (χ0v) is 12.0. The molecule has 0 radical (unpaired) electrons. The Hall–Kier alpha value is -1.59. The van der Waals surface area contributed by atoms with Gasteiger partial charge in [0.15, 0.2) is 0 Å². The van der Waals surface area contributed by atoms with E-state index in [1.165, 1.54) is 0 Å². The molecule has 1 aliphatic rings. The van der Waals surface area contributed by atoms with E-state index in [9.17, 15) is 0 Å². The topological polar surface area (TPSA) is 60.2 Å². The molecule has 3 rings (SSSR count). The molecule has 2 aromatic rings. The number of nitrogens with one attached hydrogen (secondary N) is 1. The van der Waals surface area contributed by atoms with E-state index in [1.54, 1.807) is 7.11 Å². The Bertz CT molecular complexity index is 590. The zero-order valence-electron chi connectivity index (χ0n) is 11.2. The first-order valence-corrected chi connectivity index (χ1v) is 6.97. The first-order valence-electron chi connectivity index (χ1n) is 6.59. The van der Waals surface area contributed by atoms with Crippen molar-refractivity contribution in [3.8, 4) is 0 Å². The van der Waals surface area contributed by atoms with Crippen LogP contribution in [0.5, 0.6) is 0 Å². The van der Waals surface area contributed by atoms with Crippen molar-refractivity contribution in [3.63, 3.8) is 0 Å². The van der Waals surface area contributed by atoms with Crippen LogP contribution in [0.3, 0.4) is 0 Å². The lowest BCUT2D eigenvalue weighted by atomic mass is 9.79. The summed E-state index contributed by atoms with van der Waals surface area (Å²) in [7, 11) is 1.69. The van der Waals surface area contributed by atoms with Gasteiger partial charge < -0.3 is 14.6 Å². The molecule has 0 saturated heterocycles. The summed E-state index contributed by atoms with van der Waals surface area (Å²) in [5.41, 5.74) is 0.583. The van der Waals surface area contributed by atoms with E-state index in [4.69, 9.17) is 20.9 Å². The van der Waals surface area contributed by atoms with Crippen LogP contribution in [0.1, 0.15) is 31.0 Å². The van der Waals surface area contributed by atoms with Crippen LogP contribution < -0.4 is 5.32 Å². The van der Waals surface area contributed by atoms with E-state index in [0.29, 0.717) is 23.3 Å². The highest BCUT2D eigenvalue weighted by molar-refractivity contribution is 6.30. The highest BCUT2D eigenvalue weighted by Crippen LogP contribution is 2.42. The molecule has 1 fully saturated rings. The SMILES string of the molecule is COC1(c2noc(CNc3cccc(Cl)c3)n2)CCC1. The molecule has 1 aromatic carbocycles. The standard InChI is InChI=1S/C14H16ClN3O2/c1-19-14(6-3-7-14)13-17-12(20-18-13)9-16-11-5-2-4-10(15)8-11/h2,4-5,8,16H,3,6-7,9H2,1H3. The van der Waals surface area contributed by atoms with Crippen molar-refractivity contribution < 1.29 is 9.26 Å². The van der Waals surface area contributed by atoms with Crippen molar-refractivity contribution >= 4 is 17.3 Å². The van der Waals surface area contributed by atoms with Gasteiger partial charge in [-0.05, 0) is 37.5 Å². The van der Waals surface area contributed by atoms with Crippen molar-refractivity contribution in [2.75, 3.05) is 12.4 Å². The van der Waals surface area contributed by atoms with Crippen molar-refractivity contribution in [2.45, 2.75) is 31.4 Å². The summed E-state index contributed by atoms with van der Waals surface area (Å²) in [5.74, 6) is 1.19. The maximum Gasteiger partial charge on any atom is 0.246 e. The molecule has 0 bridgehead atoms. The summed E-state index contributed by atoms with van der Waals surface area (Å²) in [4.78, 5) is 4.41. The van der Waals surface area contributed by atoms with Crippen LogP contribution >= 0.6 is 11.6 Å². The fourth-order valence-corrected chi connectivity index (χ4v) is 2.50. The second-order valence-corrected chi connectivity index (χ2v) is 5.36. The fourth-order valence-electron chi connectivity index (χ4n) is 2.30. The van der Waals surface area contributed by atoms with Crippen LogP contribution in [0.4, 0.5) is 5.69 Å². The van der Waals surface area contributed by atoms with E-state index in [0.717, 1.165) is 24.9 Å². The minimum atomic E-state index is -0.336. The van der Waals surface area contributed by atoms with E-state index in [-0.39, 0.29) is 5.60 Å². The first-order chi connectivity index (χ1) is 9.72. The van der Waals surface area contributed by atoms with Gasteiger partial charge in [0.25, 0.3) is 0 Å². The molecule has 1 aliphatic carbocycles. The van der Waals surface area contributed by atoms with Crippen LogP contribution in [0.25, 0.3) is 0 Å². The molecule has 1 heterocycles. The molecule has 0 spiro atoms. The molecule has 1 N–H and O–H groups in total. The quantitative estimate of drug-likeness (QED) is 0.916. The molecule has 20 heavy (non-hydrogen) atoms. The van der Waals surface area contributed by atoms with Gasteiger partial charge in [0.2, 0.25) is 11.7 Å². The first kappa shape index (κ1) is 13.4. The van der Waals surface area contributed by atoms with E-state index in [1.807, 2.05) is 24.3 Å². The highest BCUT2D eigenvalue weighted by Gasteiger charge is 2.43. The molecule has 106 valence electrons. The molecule has 0 aliphatic heterocycles. The Morgan fingerprint density at radius 2 is 2.30 bits per heavy atom. The summed E-state index contributed by atoms with van der Waals surface area (Å²) in [6.07, 6.45) is 3.03. The van der Waals surface area contributed by atoms with E-state index < -0.39 is 0 Å². The molecular weight excluding hydrogens is 278 g/mol. The van der Waals surface area contributed by atoms with Gasteiger partial charge in [0, 0.05) is 17.8 Å². The molecule has 5 nitrogen and oxygen atoms in total. The van der Waals surface area contributed by atoms with Crippen LogP contribution in [-0.2, 0) is 16.9 Å². The number of halogens is 1. The largest absolute Gasteiger partial charge is 0.376 e. The Labute approximate surface area is 122 Å². The van der Waals surface area contributed by atoms with Gasteiger partial charge in [-0.1, -0.05) is 22.8 Å². The third-order valence-corrected chi connectivity index (χ3v) is 3.93. The third kappa shape index (κ3) is 2.51. The number of anilines is 1. The summed E-state index contributed by atoms with van der Waals surface area (Å²) < 4.78 is 10.8. The zero-order chi connectivity index (χ0) is 14.0. The second-order valence-electron chi connectivity index (χ2n) is 4.93. The smallest absolute Gasteiger partial charge is 0.246 e. The van der Waals surface area contributed by atoms with Gasteiger partial charge in [0.1, 0.15) is 5.60 Å². The van der Waals surface area contributed by atoms with Gasteiger partial charge in [-0.25, -0.2) is 0 Å². The summed E-state index contributed by atoms with van der Waals surface area (Å²) in [5, 5.41) is 7.92. The number of ether oxygens (including phenoxy) is 1. The van der Waals surface area contributed by atoms with E-state index >= 15 is 0 Å². The minimum absolute atomic E-state index is 0.336. The second kappa shape index (κ2) is 5.42. The monoisotopic (exact) mass is 293 g/mol. The molecule has 1 saturated carbocycles. The van der Waals surface area contributed by atoms with Gasteiger partial charge in [-0.3, -0.25) is 0 Å². The van der Waals surface area contributed by atoms with Crippen molar-refractivity contribution in [3.05, 3.63) is 41.0 Å². The number of nitrogens with zero attached hydrogens (tertiary/aromatic N) is 2. The number of aromatic nitrogens is 2. The lowest BCUT2D eigenvalue weighted by Crippen LogP contribution is -2.37. The Balaban J connectivity index is 1.66. The number of rotatable bonds is 5. The predicted octanol–water partition coefficient (Wildman–Crippen LogP) is 3.36. The van der Waals surface area contributed by atoms with E-state index in [2.05, 4.69) is 15.5 Å². The summed E-state index contributed by atoms with van der Waals surface area (Å²) >= 11 is 5.93. The Morgan fingerprint density at radius 3 is 2.95 bits per heavy atom. The minimum Gasteiger partial charge on any atom is -0.376 e. The van der Waals surface area contributed by atoms with Crippen LogP contribution in [0.2, 0.25) is 5.02 Å². The van der Waals surface area contributed by atoms with Crippen molar-refractivity contribution in [2.24, 2.45) is 0 Å². The summed E-state index contributed by atoms with van der Waals surface area (Å²) in [6.45, 7) is 0.465. The predicted molar refractivity (Wildman–Crippen MR) is 75.6 cm³/mol.